The SMILES string of the molecule is CC(C(=O)CCCC(F)(F)F)C(N)c1ccccc1. The van der Waals surface area contributed by atoms with Crippen LogP contribution in [0.3, 0.4) is 0 Å². The Balaban J connectivity index is 2.48. The van der Waals surface area contributed by atoms with Gasteiger partial charge in [0.25, 0.3) is 0 Å². The summed E-state index contributed by atoms with van der Waals surface area (Å²) >= 11 is 0. The molecular formula is C14H18F3NO. The standard InChI is InChI=1S/C14H18F3NO/c1-10(12(19)8-5-9-14(15,16)17)13(18)11-6-3-2-4-7-11/h2-4,6-7,10,13H,5,8-9,18H2,1H3. The quantitative estimate of drug-likeness (QED) is 0.860. The summed E-state index contributed by atoms with van der Waals surface area (Å²) in [4.78, 5) is 11.8. The number of rotatable bonds is 6. The third-order valence-corrected chi connectivity index (χ3v) is 3.11. The Kier molecular flexibility index (Phi) is 5.54. The van der Waals surface area contributed by atoms with Crippen LogP contribution in [-0.2, 0) is 4.79 Å². The van der Waals surface area contributed by atoms with E-state index in [1.807, 2.05) is 30.3 Å². The first-order valence-corrected chi connectivity index (χ1v) is 6.21. The first kappa shape index (κ1) is 15.7. The van der Waals surface area contributed by atoms with Crippen molar-refractivity contribution in [3.05, 3.63) is 35.9 Å². The molecule has 0 amide bonds. The summed E-state index contributed by atoms with van der Waals surface area (Å²) in [6.45, 7) is 1.66. The molecule has 0 aliphatic heterocycles. The van der Waals surface area contributed by atoms with Crippen LogP contribution in [0.2, 0.25) is 0 Å². The van der Waals surface area contributed by atoms with E-state index in [1.54, 1.807) is 6.92 Å². The van der Waals surface area contributed by atoms with Crippen molar-refractivity contribution in [1.82, 2.24) is 0 Å². The lowest BCUT2D eigenvalue weighted by Gasteiger charge is -2.19. The molecule has 5 heteroatoms. The third kappa shape index (κ3) is 5.42. The maximum Gasteiger partial charge on any atom is 0.389 e. The van der Waals surface area contributed by atoms with Gasteiger partial charge in [-0.05, 0) is 12.0 Å². The van der Waals surface area contributed by atoms with Gasteiger partial charge in [0, 0.05) is 24.8 Å². The number of benzene rings is 1. The molecule has 0 saturated heterocycles. The summed E-state index contributed by atoms with van der Waals surface area (Å²) in [5.41, 5.74) is 6.77. The van der Waals surface area contributed by atoms with Crippen molar-refractivity contribution in [2.45, 2.75) is 38.4 Å². The highest BCUT2D eigenvalue weighted by atomic mass is 19.4. The fourth-order valence-electron chi connectivity index (χ4n) is 1.85. The van der Waals surface area contributed by atoms with Crippen LogP contribution in [0.4, 0.5) is 13.2 Å². The van der Waals surface area contributed by atoms with Crippen LogP contribution in [0.15, 0.2) is 30.3 Å². The monoisotopic (exact) mass is 273 g/mol. The second kappa shape index (κ2) is 6.70. The zero-order valence-corrected chi connectivity index (χ0v) is 10.8. The summed E-state index contributed by atoms with van der Waals surface area (Å²) in [6, 6.07) is 8.62. The van der Waals surface area contributed by atoms with Gasteiger partial charge < -0.3 is 5.73 Å². The minimum Gasteiger partial charge on any atom is -0.323 e. The molecule has 2 unspecified atom stereocenters. The van der Waals surface area contributed by atoms with Crippen LogP contribution in [-0.4, -0.2) is 12.0 Å². The van der Waals surface area contributed by atoms with Crippen molar-refractivity contribution in [2.24, 2.45) is 11.7 Å². The van der Waals surface area contributed by atoms with Gasteiger partial charge in [-0.2, -0.15) is 13.2 Å². The number of hydrogen-bond acceptors (Lipinski definition) is 2. The molecule has 0 aliphatic carbocycles. The van der Waals surface area contributed by atoms with Crippen molar-refractivity contribution in [2.75, 3.05) is 0 Å². The summed E-state index contributed by atoms with van der Waals surface area (Å²) < 4.78 is 36.0. The molecule has 19 heavy (non-hydrogen) atoms. The first-order chi connectivity index (χ1) is 8.81. The van der Waals surface area contributed by atoms with Gasteiger partial charge in [-0.25, -0.2) is 0 Å². The molecule has 106 valence electrons. The van der Waals surface area contributed by atoms with E-state index < -0.39 is 24.6 Å². The van der Waals surface area contributed by atoms with Crippen LogP contribution in [0.25, 0.3) is 0 Å². The number of ketones is 1. The predicted octanol–water partition coefficient (Wildman–Crippen LogP) is 3.62. The number of hydrogen-bond donors (Lipinski definition) is 1. The molecule has 0 heterocycles. The maximum absolute atomic E-state index is 12.0. The lowest BCUT2D eigenvalue weighted by molar-refractivity contribution is -0.137. The molecule has 0 saturated carbocycles. The number of alkyl halides is 3. The third-order valence-electron chi connectivity index (χ3n) is 3.11. The molecule has 0 fully saturated rings. The molecule has 2 N–H and O–H groups in total. The molecule has 1 rings (SSSR count). The molecule has 2 atom stereocenters. The van der Waals surface area contributed by atoms with Gasteiger partial charge in [0.15, 0.2) is 0 Å². The second-order valence-electron chi connectivity index (χ2n) is 4.66. The summed E-state index contributed by atoms with van der Waals surface area (Å²) in [5, 5.41) is 0. The topological polar surface area (TPSA) is 43.1 Å². The Morgan fingerprint density at radius 2 is 1.84 bits per heavy atom. The molecule has 1 aromatic rings. The van der Waals surface area contributed by atoms with Crippen molar-refractivity contribution in [3.8, 4) is 0 Å². The Morgan fingerprint density at radius 3 is 2.37 bits per heavy atom. The summed E-state index contributed by atoms with van der Waals surface area (Å²) in [5.74, 6) is -0.698. The molecular weight excluding hydrogens is 255 g/mol. The van der Waals surface area contributed by atoms with Crippen molar-refractivity contribution >= 4 is 5.78 Å². The molecule has 1 aromatic carbocycles. The van der Waals surface area contributed by atoms with Crippen molar-refractivity contribution < 1.29 is 18.0 Å². The van der Waals surface area contributed by atoms with Gasteiger partial charge >= 0.3 is 6.18 Å². The minimum absolute atomic E-state index is 0.0821. The molecule has 0 spiro atoms. The van der Waals surface area contributed by atoms with E-state index in [2.05, 4.69) is 0 Å². The smallest absolute Gasteiger partial charge is 0.323 e. The molecule has 0 aromatic heterocycles. The van der Waals surface area contributed by atoms with E-state index >= 15 is 0 Å². The summed E-state index contributed by atoms with van der Waals surface area (Å²) in [6.07, 6.45) is -5.38. The normalized spacial score (nSPS) is 15.0. The molecule has 0 radical (unpaired) electrons. The Bertz CT molecular complexity index is 403. The first-order valence-electron chi connectivity index (χ1n) is 6.21. The molecule has 0 aliphatic rings. The Hall–Kier alpha value is -1.36. The van der Waals surface area contributed by atoms with E-state index in [4.69, 9.17) is 5.73 Å². The van der Waals surface area contributed by atoms with E-state index in [0.29, 0.717) is 0 Å². The number of halogens is 3. The fraction of sp³-hybridized carbons (Fsp3) is 0.500. The van der Waals surface area contributed by atoms with E-state index in [1.165, 1.54) is 0 Å². The zero-order chi connectivity index (χ0) is 14.5. The lowest BCUT2D eigenvalue weighted by Crippen LogP contribution is -2.26. The number of carbonyl (C=O) groups is 1. The molecule has 2 nitrogen and oxygen atoms in total. The number of nitrogens with two attached hydrogens (primary N) is 1. The highest BCUT2D eigenvalue weighted by Crippen LogP contribution is 2.25. The van der Waals surface area contributed by atoms with Crippen LogP contribution in [0.1, 0.15) is 37.8 Å². The number of Topliss-reactive ketones (excluding diaryl/α,β-unsaturated/α-hetero) is 1. The van der Waals surface area contributed by atoms with E-state index in [0.717, 1.165) is 5.56 Å². The average molecular weight is 273 g/mol. The van der Waals surface area contributed by atoms with E-state index in [9.17, 15) is 18.0 Å². The Morgan fingerprint density at radius 1 is 1.26 bits per heavy atom. The van der Waals surface area contributed by atoms with Gasteiger partial charge in [0.05, 0.1) is 0 Å². The lowest BCUT2D eigenvalue weighted by atomic mass is 9.90. The van der Waals surface area contributed by atoms with Gasteiger partial charge in [-0.15, -0.1) is 0 Å². The van der Waals surface area contributed by atoms with Crippen molar-refractivity contribution in [1.29, 1.82) is 0 Å². The second-order valence-corrected chi connectivity index (χ2v) is 4.66. The van der Waals surface area contributed by atoms with E-state index in [-0.39, 0.29) is 18.6 Å². The predicted molar refractivity (Wildman–Crippen MR) is 67.4 cm³/mol. The van der Waals surface area contributed by atoms with Crippen LogP contribution < -0.4 is 5.73 Å². The van der Waals surface area contributed by atoms with Gasteiger partial charge in [-0.1, -0.05) is 37.3 Å². The van der Waals surface area contributed by atoms with Crippen molar-refractivity contribution in [3.63, 3.8) is 0 Å². The number of carbonyl (C=O) groups excluding carboxylic acids is 1. The van der Waals surface area contributed by atoms with Gasteiger partial charge in [-0.3, -0.25) is 4.79 Å². The Labute approximate surface area is 110 Å². The highest BCUT2D eigenvalue weighted by Gasteiger charge is 2.28. The minimum atomic E-state index is -4.20. The average Bonchev–Trinajstić information content (AvgIpc) is 2.36. The van der Waals surface area contributed by atoms with Crippen LogP contribution in [0.5, 0.6) is 0 Å². The fourth-order valence-corrected chi connectivity index (χ4v) is 1.85. The van der Waals surface area contributed by atoms with Gasteiger partial charge in [0.1, 0.15) is 5.78 Å². The zero-order valence-electron chi connectivity index (χ0n) is 10.8. The van der Waals surface area contributed by atoms with Crippen LogP contribution >= 0.6 is 0 Å². The van der Waals surface area contributed by atoms with Crippen LogP contribution in [0, 0.1) is 5.92 Å². The molecule has 0 bridgehead atoms. The summed E-state index contributed by atoms with van der Waals surface area (Å²) in [7, 11) is 0. The highest BCUT2D eigenvalue weighted by molar-refractivity contribution is 5.81. The van der Waals surface area contributed by atoms with Gasteiger partial charge in [0.2, 0.25) is 0 Å². The maximum atomic E-state index is 12.0. The largest absolute Gasteiger partial charge is 0.389 e.